The molecule has 2 aromatic carbocycles. The fraction of sp³-hybridized carbons (Fsp3) is 0.400. The van der Waals surface area contributed by atoms with Crippen LogP contribution in [0.5, 0.6) is 5.75 Å². The molecule has 0 aliphatic rings. The van der Waals surface area contributed by atoms with Gasteiger partial charge in [0.1, 0.15) is 5.75 Å². The molecule has 0 amide bonds. The molecule has 0 aliphatic heterocycles. The third-order valence-electron chi connectivity index (χ3n) is 4.50. The van der Waals surface area contributed by atoms with Crippen molar-refractivity contribution >= 4 is 0 Å². The molecule has 0 spiro atoms. The van der Waals surface area contributed by atoms with Gasteiger partial charge in [0.15, 0.2) is 0 Å². The van der Waals surface area contributed by atoms with Crippen molar-refractivity contribution in [2.45, 2.75) is 40.0 Å². The second kappa shape index (κ2) is 7.46. The molecule has 118 valence electrons. The molecule has 0 fully saturated rings. The summed E-state index contributed by atoms with van der Waals surface area (Å²) in [5.74, 6) is 1.38. The first kappa shape index (κ1) is 16.6. The van der Waals surface area contributed by atoms with Gasteiger partial charge < -0.3 is 10.5 Å². The van der Waals surface area contributed by atoms with Gasteiger partial charge in [-0.25, -0.2) is 0 Å². The molecule has 0 saturated heterocycles. The van der Waals surface area contributed by atoms with Crippen molar-refractivity contribution in [3.05, 3.63) is 64.2 Å². The Morgan fingerprint density at radius 3 is 2.27 bits per heavy atom. The summed E-state index contributed by atoms with van der Waals surface area (Å²) in [6.45, 7) is 9.84. The van der Waals surface area contributed by atoms with E-state index in [0.717, 1.165) is 12.2 Å². The Labute approximate surface area is 134 Å². The summed E-state index contributed by atoms with van der Waals surface area (Å²) in [5, 5.41) is 0. The summed E-state index contributed by atoms with van der Waals surface area (Å²) in [6, 6.07) is 12.7. The van der Waals surface area contributed by atoms with Crippen LogP contribution >= 0.6 is 0 Å². The van der Waals surface area contributed by atoms with Crippen LogP contribution in [0.15, 0.2) is 36.4 Å². The molecule has 0 radical (unpaired) electrons. The van der Waals surface area contributed by atoms with Crippen LogP contribution in [0.4, 0.5) is 0 Å². The third kappa shape index (κ3) is 3.69. The monoisotopic (exact) mass is 297 g/mol. The SMILES string of the molecule is Cc1ccccc1C(CN)CCOc1c(C)ccc(C)c1C. The normalized spacial score (nSPS) is 12.2. The first-order chi connectivity index (χ1) is 10.5. The van der Waals surface area contributed by atoms with E-state index in [1.165, 1.54) is 27.8 Å². The summed E-state index contributed by atoms with van der Waals surface area (Å²) in [7, 11) is 0. The first-order valence-corrected chi connectivity index (χ1v) is 7.99. The van der Waals surface area contributed by atoms with Crippen molar-refractivity contribution in [3.63, 3.8) is 0 Å². The smallest absolute Gasteiger partial charge is 0.125 e. The zero-order valence-corrected chi connectivity index (χ0v) is 14.1. The van der Waals surface area contributed by atoms with Crippen molar-refractivity contribution < 1.29 is 4.74 Å². The average molecular weight is 297 g/mol. The first-order valence-electron chi connectivity index (χ1n) is 7.99. The molecule has 0 saturated carbocycles. The van der Waals surface area contributed by atoms with Crippen molar-refractivity contribution in [2.75, 3.05) is 13.2 Å². The molecule has 1 atom stereocenters. The highest BCUT2D eigenvalue weighted by Crippen LogP contribution is 2.27. The van der Waals surface area contributed by atoms with E-state index in [9.17, 15) is 0 Å². The molecular formula is C20H27NO. The van der Waals surface area contributed by atoms with E-state index in [0.29, 0.717) is 19.1 Å². The molecule has 0 bridgehead atoms. The minimum absolute atomic E-state index is 0.353. The van der Waals surface area contributed by atoms with Gasteiger partial charge >= 0.3 is 0 Å². The molecule has 2 rings (SSSR count). The number of nitrogens with two attached hydrogens (primary N) is 1. The lowest BCUT2D eigenvalue weighted by molar-refractivity contribution is 0.294. The second-order valence-electron chi connectivity index (χ2n) is 6.08. The molecule has 0 aromatic heterocycles. The van der Waals surface area contributed by atoms with Crippen LogP contribution in [0.2, 0.25) is 0 Å². The highest BCUT2D eigenvalue weighted by Gasteiger charge is 2.13. The van der Waals surface area contributed by atoms with Crippen molar-refractivity contribution in [2.24, 2.45) is 5.73 Å². The molecule has 2 aromatic rings. The fourth-order valence-corrected chi connectivity index (χ4v) is 2.90. The maximum atomic E-state index is 6.09. The molecular weight excluding hydrogens is 270 g/mol. The van der Waals surface area contributed by atoms with Crippen LogP contribution in [0.3, 0.4) is 0 Å². The van der Waals surface area contributed by atoms with E-state index < -0.39 is 0 Å². The van der Waals surface area contributed by atoms with Gasteiger partial charge in [0, 0.05) is 0 Å². The maximum absolute atomic E-state index is 6.09. The summed E-state index contributed by atoms with van der Waals surface area (Å²) in [6.07, 6.45) is 0.939. The number of aryl methyl sites for hydroxylation is 3. The van der Waals surface area contributed by atoms with E-state index in [2.05, 4.69) is 64.1 Å². The zero-order chi connectivity index (χ0) is 16.1. The Kier molecular flexibility index (Phi) is 5.62. The van der Waals surface area contributed by atoms with Gasteiger partial charge in [-0.3, -0.25) is 0 Å². The number of rotatable bonds is 6. The largest absolute Gasteiger partial charge is 0.493 e. The minimum atomic E-state index is 0.353. The third-order valence-corrected chi connectivity index (χ3v) is 4.50. The topological polar surface area (TPSA) is 35.2 Å². The zero-order valence-electron chi connectivity index (χ0n) is 14.1. The molecule has 22 heavy (non-hydrogen) atoms. The van der Waals surface area contributed by atoms with Crippen molar-refractivity contribution in [1.82, 2.24) is 0 Å². The molecule has 1 unspecified atom stereocenters. The van der Waals surface area contributed by atoms with Gasteiger partial charge in [-0.1, -0.05) is 36.4 Å². The summed E-state index contributed by atoms with van der Waals surface area (Å²) >= 11 is 0. The van der Waals surface area contributed by atoms with Crippen LogP contribution in [0.25, 0.3) is 0 Å². The van der Waals surface area contributed by atoms with Gasteiger partial charge in [0.25, 0.3) is 0 Å². The van der Waals surface area contributed by atoms with E-state index in [1.54, 1.807) is 0 Å². The average Bonchev–Trinajstić information content (AvgIpc) is 2.52. The van der Waals surface area contributed by atoms with Crippen LogP contribution in [0, 0.1) is 27.7 Å². The van der Waals surface area contributed by atoms with Gasteiger partial charge in [-0.15, -0.1) is 0 Å². The lowest BCUT2D eigenvalue weighted by Gasteiger charge is -2.19. The Morgan fingerprint density at radius 1 is 0.909 bits per heavy atom. The highest BCUT2D eigenvalue weighted by atomic mass is 16.5. The van der Waals surface area contributed by atoms with Crippen molar-refractivity contribution in [1.29, 1.82) is 0 Å². The standard InChI is InChI=1S/C20H27NO/c1-14-9-10-16(3)20(17(14)4)22-12-11-18(13-21)19-8-6-5-7-15(19)2/h5-10,18H,11-13,21H2,1-4H3. The van der Waals surface area contributed by atoms with Crippen LogP contribution in [-0.2, 0) is 0 Å². The van der Waals surface area contributed by atoms with Gasteiger partial charge in [-0.05, 0) is 74.4 Å². The maximum Gasteiger partial charge on any atom is 0.125 e. The van der Waals surface area contributed by atoms with Crippen LogP contribution < -0.4 is 10.5 Å². The second-order valence-corrected chi connectivity index (χ2v) is 6.08. The number of ether oxygens (including phenoxy) is 1. The quantitative estimate of drug-likeness (QED) is 0.856. The predicted octanol–water partition coefficient (Wildman–Crippen LogP) is 4.43. The predicted molar refractivity (Wildman–Crippen MR) is 93.7 cm³/mol. The van der Waals surface area contributed by atoms with Crippen molar-refractivity contribution in [3.8, 4) is 5.75 Å². The summed E-state index contributed by atoms with van der Waals surface area (Å²) < 4.78 is 6.09. The van der Waals surface area contributed by atoms with Gasteiger partial charge in [0.05, 0.1) is 6.61 Å². The lowest BCUT2D eigenvalue weighted by Crippen LogP contribution is -2.17. The van der Waals surface area contributed by atoms with Gasteiger partial charge in [0.2, 0.25) is 0 Å². The van der Waals surface area contributed by atoms with Crippen LogP contribution in [0.1, 0.15) is 40.2 Å². The minimum Gasteiger partial charge on any atom is -0.493 e. The lowest BCUT2D eigenvalue weighted by atomic mass is 9.92. The summed E-state index contributed by atoms with van der Waals surface area (Å²) in [4.78, 5) is 0. The Morgan fingerprint density at radius 2 is 1.59 bits per heavy atom. The molecule has 2 N–H and O–H groups in total. The Balaban J connectivity index is 2.04. The van der Waals surface area contributed by atoms with E-state index in [1.807, 2.05) is 0 Å². The van der Waals surface area contributed by atoms with Gasteiger partial charge in [-0.2, -0.15) is 0 Å². The molecule has 0 aliphatic carbocycles. The number of hydrogen-bond donors (Lipinski definition) is 1. The number of benzene rings is 2. The highest BCUT2D eigenvalue weighted by molar-refractivity contribution is 5.44. The van der Waals surface area contributed by atoms with E-state index in [4.69, 9.17) is 10.5 Å². The fourth-order valence-electron chi connectivity index (χ4n) is 2.90. The molecule has 2 heteroatoms. The summed E-state index contributed by atoms with van der Waals surface area (Å²) in [5.41, 5.74) is 12.3. The van der Waals surface area contributed by atoms with Crippen LogP contribution in [-0.4, -0.2) is 13.2 Å². The number of hydrogen-bond acceptors (Lipinski definition) is 2. The molecule has 0 heterocycles. The van der Waals surface area contributed by atoms with E-state index >= 15 is 0 Å². The Hall–Kier alpha value is -1.80. The molecule has 2 nitrogen and oxygen atoms in total. The Bertz CT molecular complexity index is 634. The van der Waals surface area contributed by atoms with E-state index in [-0.39, 0.29) is 0 Å².